The highest BCUT2D eigenvalue weighted by atomic mass is 19.3. The molecule has 0 fully saturated rings. The molecule has 0 saturated carbocycles. The summed E-state index contributed by atoms with van der Waals surface area (Å²) in [5.41, 5.74) is 0.521. The van der Waals surface area contributed by atoms with Crippen LogP contribution in [0.4, 0.5) is 23.4 Å². The molecule has 2 heterocycles. The third kappa shape index (κ3) is 4.42. The van der Waals surface area contributed by atoms with Crippen molar-refractivity contribution in [2.24, 2.45) is 0 Å². The van der Waals surface area contributed by atoms with Crippen LogP contribution in [-0.2, 0) is 6.54 Å². The molecule has 0 bridgehead atoms. The number of rotatable bonds is 8. The van der Waals surface area contributed by atoms with Crippen molar-refractivity contribution >= 4 is 17.8 Å². The number of carboxylic acids is 2. The first-order valence-corrected chi connectivity index (χ1v) is 9.29. The van der Waals surface area contributed by atoms with E-state index in [0.29, 0.717) is 10.7 Å². The quantitative estimate of drug-likeness (QED) is 0.355. The van der Waals surface area contributed by atoms with Gasteiger partial charge in [-0.25, -0.2) is 27.2 Å². The Hall–Kier alpha value is -4.36. The summed E-state index contributed by atoms with van der Waals surface area (Å²) in [5, 5.41) is 22.6. The number of H-pyrrole nitrogens is 1. The summed E-state index contributed by atoms with van der Waals surface area (Å²) in [7, 11) is 1.23. The number of aromatic amines is 1. The Morgan fingerprint density at radius 2 is 1.76 bits per heavy atom. The lowest BCUT2D eigenvalue weighted by Gasteiger charge is -2.16. The van der Waals surface area contributed by atoms with E-state index < -0.39 is 70.8 Å². The minimum atomic E-state index is -3.14. The molecule has 10 nitrogen and oxygen atoms in total. The van der Waals surface area contributed by atoms with Gasteiger partial charge in [-0.2, -0.15) is 5.10 Å². The SMILES string of the molecule is COc1ccc(-c2c(C(=O)O)c(N)[nH]c(=O)c2C(=O)O)cc1Cn1nc(C(F)F)cc1C(F)F. The van der Waals surface area contributed by atoms with Crippen LogP contribution in [0.2, 0.25) is 0 Å². The first-order chi connectivity index (χ1) is 16.0. The van der Waals surface area contributed by atoms with Crippen LogP contribution < -0.4 is 16.0 Å². The largest absolute Gasteiger partial charge is 0.496 e. The van der Waals surface area contributed by atoms with Crippen LogP contribution in [0.1, 0.15) is 50.5 Å². The van der Waals surface area contributed by atoms with E-state index in [9.17, 15) is 42.2 Å². The third-order valence-corrected chi connectivity index (χ3v) is 4.84. The topological polar surface area (TPSA) is 161 Å². The normalized spacial score (nSPS) is 11.3. The zero-order valence-electron chi connectivity index (χ0n) is 17.2. The Labute approximate surface area is 187 Å². The van der Waals surface area contributed by atoms with Gasteiger partial charge in [-0.15, -0.1) is 0 Å². The molecule has 2 aromatic heterocycles. The van der Waals surface area contributed by atoms with Crippen LogP contribution in [0.25, 0.3) is 11.1 Å². The highest BCUT2D eigenvalue weighted by Crippen LogP contribution is 2.34. The zero-order valence-corrected chi connectivity index (χ0v) is 17.2. The molecule has 0 spiro atoms. The van der Waals surface area contributed by atoms with Crippen LogP contribution in [0, 0.1) is 0 Å². The van der Waals surface area contributed by atoms with E-state index in [1.807, 2.05) is 4.98 Å². The van der Waals surface area contributed by atoms with E-state index in [1.54, 1.807) is 0 Å². The van der Waals surface area contributed by atoms with Gasteiger partial charge >= 0.3 is 11.9 Å². The number of nitrogen functional groups attached to an aromatic ring is 1. The first kappa shape index (κ1) is 24.3. The number of nitrogens with two attached hydrogens (primary N) is 1. The number of aromatic carboxylic acids is 2. The molecule has 0 unspecified atom stereocenters. The highest BCUT2D eigenvalue weighted by Gasteiger charge is 2.28. The van der Waals surface area contributed by atoms with Gasteiger partial charge in [0.2, 0.25) is 0 Å². The molecule has 0 aliphatic carbocycles. The Bertz CT molecular complexity index is 1340. The molecule has 14 heteroatoms. The van der Waals surface area contributed by atoms with E-state index >= 15 is 0 Å². The number of nitrogens with one attached hydrogen (secondary N) is 1. The summed E-state index contributed by atoms with van der Waals surface area (Å²) in [4.78, 5) is 37.7. The molecule has 0 aliphatic rings. The van der Waals surface area contributed by atoms with Crippen LogP contribution in [0.15, 0.2) is 29.1 Å². The maximum Gasteiger partial charge on any atom is 0.342 e. The number of carbonyl (C=O) groups is 2. The average molecular weight is 484 g/mol. The number of aromatic nitrogens is 3. The Kier molecular flexibility index (Phi) is 6.61. The van der Waals surface area contributed by atoms with Crippen molar-refractivity contribution in [2.45, 2.75) is 19.4 Å². The number of hydrogen-bond acceptors (Lipinski definition) is 6. The Morgan fingerprint density at radius 3 is 2.29 bits per heavy atom. The van der Waals surface area contributed by atoms with Crippen molar-refractivity contribution in [2.75, 3.05) is 12.8 Å². The van der Waals surface area contributed by atoms with Crippen LogP contribution in [0.5, 0.6) is 5.75 Å². The Balaban J connectivity index is 2.27. The molecule has 0 amide bonds. The van der Waals surface area contributed by atoms with E-state index in [0.717, 1.165) is 0 Å². The molecule has 5 N–H and O–H groups in total. The van der Waals surface area contributed by atoms with E-state index in [2.05, 4.69) is 5.10 Å². The monoisotopic (exact) mass is 484 g/mol. The fourth-order valence-corrected chi connectivity index (χ4v) is 3.42. The minimum Gasteiger partial charge on any atom is -0.496 e. The van der Waals surface area contributed by atoms with Crippen LogP contribution in [0.3, 0.4) is 0 Å². The van der Waals surface area contributed by atoms with Crippen molar-refractivity contribution in [3.63, 3.8) is 0 Å². The molecular formula is C20H16F4N4O6. The predicted molar refractivity (Wildman–Crippen MR) is 109 cm³/mol. The maximum absolute atomic E-state index is 13.4. The summed E-state index contributed by atoms with van der Waals surface area (Å²) in [6.45, 7) is -0.521. The molecule has 1 aromatic carbocycles. The molecular weight excluding hydrogens is 468 g/mol. The highest BCUT2D eigenvalue weighted by molar-refractivity contribution is 6.07. The van der Waals surface area contributed by atoms with Crippen molar-refractivity contribution < 1.29 is 42.1 Å². The van der Waals surface area contributed by atoms with Gasteiger partial charge in [0.25, 0.3) is 18.4 Å². The van der Waals surface area contributed by atoms with Crippen molar-refractivity contribution in [3.05, 3.63) is 62.7 Å². The summed E-state index contributed by atoms with van der Waals surface area (Å²) < 4.78 is 58.6. The van der Waals surface area contributed by atoms with Gasteiger partial charge in [-0.3, -0.25) is 9.48 Å². The fourth-order valence-electron chi connectivity index (χ4n) is 3.42. The Morgan fingerprint density at radius 1 is 1.12 bits per heavy atom. The number of nitrogens with zero attached hydrogens (tertiary/aromatic N) is 2. The molecule has 0 aliphatic heterocycles. The number of methoxy groups -OCH3 is 1. The number of hydrogen-bond donors (Lipinski definition) is 4. The molecule has 0 saturated heterocycles. The van der Waals surface area contributed by atoms with Crippen LogP contribution in [-0.4, -0.2) is 44.0 Å². The third-order valence-electron chi connectivity index (χ3n) is 4.84. The lowest BCUT2D eigenvalue weighted by atomic mass is 9.94. The summed E-state index contributed by atoms with van der Waals surface area (Å²) in [5.74, 6) is -3.92. The van der Waals surface area contributed by atoms with Gasteiger partial charge in [-0.1, -0.05) is 6.07 Å². The van der Waals surface area contributed by atoms with Crippen molar-refractivity contribution in [1.82, 2.24) is 14.8 Å². The molecule has 0 atom stereocenters. The van der Waals surface area contributed by atoms with Gasteiger partial charge < -0.3 is 25.7 Å². The minimum absolute atomic E-state index is 0.0531. The number of ether oxygens (including phenoxy) is 1. The number of anilines is 1. The van der Waals surface area contributed by atoms with Gasteiger partial charge in [0.1, 0.15) is 34.1 Å². The zero-order chi connectivity index (χ0) is 25.3. The lowest BCUT2D eigenvalue weighted by molar-refractivity contribution is 0.0695. The van der Waals surface area contributed by atoms with Gasteiger partial charge in [0, 0.05) is 11.1 Å². The summed E-state index contributed by atoms with van der Waals surface area (Å²) in [6.07, 6.45) is -6.25. The maximum atomic E-state index is 13.4. The van der Waals surface area contributed by atoms with Crippen molar-refractivity contribution in [1.29, 1.82) is 0 Å². The molecule has 180 valence electrons. The standard InChI is InChI=1S/C20H16F4N4O6/c1-34-11-3-2-7(12-13(19(30)31)17(25)26-18(29)14(12)20(32)33)4-8(11)6-28-10(16(23)24)5-9(27-28)15(21)22/h2-5,15-16H,6H2,1H3,(H,30,31)(H,32,33)(H3,25,26,29). The van der Waals surface area contributed by atoms with Gasteiger partial charge in [0.05, 0.1) is 13.7 Å². The first-order valence-electron chi connectivity index (χ1n) is 9.29. The number of alkyl halides is 4. The number of benzene rings is 1. The lowest BCUT2D eigenvalue weighted by Crippen LogP contribution is -2.24. The number of carboxylic acid groups (broad SMARTS) is 2. The predicted octanol–water partition coefficient (Wildman–Crippen LogP) is 3.15. The molecule has 0 radical (unpaired) electrons. The van der Waals surface area contributed by atoms with Crippen molar-refractivity contribution in [3.8, 4) is 16.9 Å². The van der Waals surface area contributed by atoms with Gasteiger partial charge in [-0.05, 0) is 23.8 Å². The number of halogens is 4. The molecule has 3 aromatic rings. The summed E-state index contributed by atoms with van der Waals surface area (Å²) >= 11 is 0. The molecule has 3 rings (SSSR count). The summed E-state index contributed by atoms with van der Waals surface area (Å²) in [6, 6.07) is 4.22. The second-order valence-electron chi connectivity index (χ2n) is 6.88. The smallest absolute Gasteiger partial charge is 0.342 e. The molecule has 34 heavy (non-hydrogen) atoms. The van der Waals surface area contributed by atoms with E-state index in [-0.39, 0.29) is 16.9 Å². The van der Waals surface area contributed by atoms with E-state index in [4.69, 9.17) is 10.5 Å². The number of pyridine rings is 1. The van der Waals surface area contributed by atoms with Crippen LogP contribution >= 0.6 is 0 Å². The fraction of sp³-hybridized carbons (Fsp3) is 0.200. The van der Waals surface area contributed by atoms with E-state index in [1.165, 1.54) is 25.3 Å². The second kappa shape index (κ2) is 9.25. The average Bonchev–Trinajstić information content (AvgIpc) is 3.17. The van der Waals surface area contributed by atoms with Gasteiger partial charge in [0.15, 0.2) is 0 Å². The second-order valence-corrected chi connectivity index (χ2v) is 6.88.